The van der Waals surface area contributed by atoms with Crippen molar-refractivity contribution >= 4 is 21.8 Å². The van der Waals surface area contributed by atoms with Crippen molar-refractivity contribution in [2.45, 2.75) is 24.4 Å². The first-order chi connectivity index (χ1) is 13.3. The third-order valence-corrected chi connectivity index (χ3v) is 5.25. The maximum Gasteiger partial charge on any atom is 0.251 e. The molecule has 2 aromatic rings. The number of rotatable bonds is 10. The minimum Gasteiger partial charge on any atom is -0.467 e. The molecule has 2 amide bonds. The van der Waals surface area contributed by atoms with Gasteiger partial charge in [0.25, 0.3) is 5.91 Å². The molecule has 0 fully saturated rings. The van der Waals surface area contributed by atoms with Gasteiger partial charge in [0.05, 0.1) is 30.9 Å². The van der Waals surface area contributed by atoms with E-state index in [9.17, 15) is 18.0 Å². The number of benzene rings is 1. The standard InChI is InChI=1S/C18H23N3O6S/c1-13(12-26-2)21-28(24,25)16-7-5-14(6-8-16)18(23)20-11-17(22)19-10-15-4-3-9-27-15/h3-9,13,21H,10-12H2,1-2H3,(H,19,22)(H,20,23)/t13-/m0/s1. The monoisotopic (exact) mass is 409 g/mol. The number of hydrogen-bond acceptors (Lipinski definition) is 6. The normalized spacial score (nSPS) is 12.4. The average molecular weight is 409 g/mol. The van der Waals surface area contributed by atoms with Gasteiger partial charge in [-0.3, -0.25) is 9.59 Å². The largest absolute Gasteiger partial charge is 0.467 e. The summed E-state index contributed by atoms with van der Waals surface area (Å²) in [5.74, 6) is -0.261. The fourth-order valence-electron chi connectivity index (χ4n) is 2.33. The Morgan fingerprint density at radius 3 is 2.46 bits per heavy atom. The Kier molecular flexibility index (Phi) is 7.73. The zero-order valence-electron chi connectivity index (χ0n) is 15.6. The summed E-state index contributed by atoms with van der Waals surface area (Å²) in [5, 5.41) is 5.08. The number of carbonyl (C=O) groups is 2. The van der Waals surface area contributed by atoms with Gasteiger partial charge in [0.1, 0.15) is 5.76 Å². The maximum atomic E-state index is 12.3. The van der Waals surface area contributed by atoms with Crippen LogP contribution in [0.1, 0.15) is 23.0 Å². The van der Waals surface area contributed by atoms with E-state index in [4.69, 9.17) is 9.15 Å². The Morgan fingerprint density at radius 2 is 1.86 bits per heavy atom. The van der Waals surface area contributed by atoms with Crippen LogP contribution in [0.25, 0.3) is 0 Å². The van der Waals surface area contributed by atoms with Gasteiger partial charge >= 0.3 is 0 Å². The molecule has 0 bridgehead atoms. The van der Waals surface area contributed by atoms with Gasteiger partial charge in [-0.25, -0.2) is 13.1 Å². The molecule has 9 nitrogen and oxygen atoms in total. The van der Waals surface area contributed by atoms with Gasteiger partial charge in [-0.1, -0.05) is 0 Å². The van der Waals surface area contributed by atoms with Crippen LogP contribution in [0.5, 0.6) is 0 Å². The Balaban J connectivity index is 1.86. The van der Waals surface area contributed by atoms with Gasteiger partial charge < -0.3 is 19.8 Å². The predicted molar refractivity (Wildman–Crippen MR) is 101 cm³/mol. The van der Waals surface area contributed by atoms with Crippen LogP contribution >= 0.6 is 0 Å². The van der Waals surface area contributed by atoms with Crippen molar-refractivity contribution in [1.82, 2.24) is 15.4 Å². The molecule has 1 atom stereocenters. The molecule has 1 aromatic heterocycles. The summed E-state index contributed by atoms with van der Waals surface area (Å²) in [6.07, 6.45) is 1.50. The number of ether oxygens (including phenoxy) is 1. The zero-order valence-corrected chi connectivity index (χ0v) is 16.4. The van der Waals surface area contributed by atoms with Crippen molar-refractivity contribution in [3.63, 3.8) is 0 Å². The smallest absolute Gasteiger partial charge is 0.251 e. The number of furan rings is 1. The van der Waals surface area contributed by atoms with Crippen LogP contribution in [0.15, 0.2) is 52.0 Å². The minimum absolute atomic E-state index is 0.0307. The highest BCUT2D eigenvalue weighted by molar-refractivity contribution is 7.89. The molecule has 0 aliphatic carbocycles. The van der Waals surface area contributed by atoms with Crippen LogP contribution in [-0.2, 0) is 26.1 Å². The molecule has 0 aliphatic rings. The molecule has 0 unspecified atom stereocenters. The van der Waals surface area contributed by atoms with Gasteiger partial charge in [0.2, 0.25) is 15.9 Å². The highest BCUT2D eigenvalue weighted by atomic mass is 32.2. The Hall–Kier alpha value is -2.69. The lowest BCUT2D eigenvalue weighted by Gasteiger charge is -2.13. The van der Waals surface area contributed by atoms with E-state index >= 15 is 0 Å². The van der Waals surface area contributed by atoms with Crippen molar-refractivity contribution in [2.24, 2.45) is 0 Å². The number of sulfonamides is 1. The maximum absolute atomic E-state index is 12.3. The van der Waals surface area contributed by atoms with Gasteiger partial charge in [0, 0.05) is 18.7 Å². The predicted octanol–water partition coefficient (Wildman–Crippen LogP) is 0.639. The van der Waals surface area contributed by atoms with Crippen molar-refractivity contribution in [1.29, 1.82) is 0 Å². The number of hydrogen-bond donors (Lipinski definition) is 3. The quantitative estimate of drug-likeness (QED) is 0.529. The van der Waals surface area contributed by atoms with E-state index in [1.165, 1.54) is 37.6 Å². The van der Waals surface area contributed by atoms with Gasteiger partial charge in [-0.2, -0.15) is 0 Å². The highest BCUT2D eigenvalue weighted by Crippen LogP contribution is 2.11. The Bertz CT molecular complexity index is 879. The van der Waals surface area contributed by atoms with Crippen LogP contribution in [-0.4, -0.2) is 46.5 Å². The van der Waals surface area contributed by atoms with E-state index in [2.05, 4.69) is 15.4 Å². The SMILES string of the molecule is COC[C@H](C)NS(=O)(=O)c1ccc(C(=O)NCC(=O)NCc2ccco2)cc1. The van der Waals surface area contributed by atoms with E-state index in [-0.39, 0.29) is 36.1 Å². The van der Waals surface area contributed by atoms with Gasteiger partial charge in [-0.15, -0.1) is 0 Å². The lowest BCUT2D eigenvalue weighted by Crippen LogP contribution is -2.36. The molecule has 1 heterocycles. The van der Waals surface area contributed by atoms with E-state index < -0.39 is 22.0 Å². The first kappa shape index (κ1) is 21.6. The van der Waals surface area contributed by atoms with E-state index in [1.54, 1.807) is 19.1 Å². The number of amides is 2. The van der Waals surface area contributed by atoms with E-state index in [0.717, 1.165) is 0 Å². The molecule has 10 heteroatoms. The minimum atomic E-state index is -3.71. The fraction of sp³-hybridized carbons (Fsp3) is 0.333. The second-order valence-electron chi connectivity index (χ2n) is 6.04. The molecule has 0 spiro atoms. The molecule has 2 rings (SSSR count). The first-order valence-corrected chi connectivity index (χ1v) is 9.98. The third kappa shape index (κ3) is 6.48. The zero-order chi connectivity index (χ0) is 20.6. The molecular weight excluding hydrogens is 386 g/mol. The van der Waals surface area contributed by atoms with Crippen molar-refractivity contribution in [2.75, 3.05) is 20.3 Å². The third-order valence-electron chi connectivity index (χ3n) is 3.65. The molecule has 0 aliphatic heterocycles. The number of nitrogens with one attached hydrogen (secondary N) is 3. The summed E-state index contributed by atoms with van der Waals surface area (Å²) in [6, 6.07) is 8.46. The lowest BCUT2D eigenvalue weighted by atomic mass is 10.2. The molecule has 3 N–H and O–H groups in total. The Labute approximate surface area is 163 Å². The Morgan fingerprint density at radius 1 is 1.14 bits per heavy atom. The van der Waals surface area contributed by atoms with E-state index in [1.807, 2.05) is 0 Å². The molecule has 0 radical (unpaired) electrons. The summed E-state index contributed by atoms with van der Waals surface area (Å²) in [6.45, 7) is 1.93. The summed E-state index contributed by atoms with van der Waals surface area (Å²) in [7, 11) is -2.23. The van der Waals surface area contributed by atoms with Crippen molar-refractivity contribution < 1.29 is 27.2 Å². The fourth-order valence-corrected chi connectivity index (χ4v) is 3.55. The van der Waals surface area contributed by atoms with Crippen LogP contribution in [0.4, 0.5) is 0 Å². The van der Waals surface area contributed by atoms with Crippen molar-refractivity contribution in [3.8, 4) is 0 Å². The lowest BCUT2D eigenvalue weighted by molar-refractivity contribution is -0.120. The van der Waals surface area contributed by atoms with Crippen LogP contribution in [0.3, 0.4) is 0 Å². The van der Waals surface area contributed by atoms with Crippen molar-refractivity contribution in [3.05, 3.63) is 54.0 Å². The first-order valence-electron chi connectivity index (χ1n) is 8.50. The second kappa shape index (κ2) is 10.0. The molecule has 152 valence electrons. The number of methoxy groups -OCH3 is 1. The molecular formula is C18H23N3O6S. The number of carbonyl (C=O) groups excluding carboxylic acids is 2. The molecule has 0 saturated carbocycles. The topological polar surface area (TPSA) is 127 Å². The summed E-state index contributed by atoms with van der Waals surface area (Å²) < 4.78 is 37.0. The molecule has 1 aromatic carbocycles. The molecule has 0 saturated heterocycles. The summed E-state index contributed by atoms with van der Waals surface area (Å²) >= 11 is 0. The van der Waals surface area contributed by atoms with Gasteiger partial charge in [0.15, 0.2) is 0 Å². The van der Waals surface area contributed by atoms with Crippen LogP contribution in [0, 0.1) is 0 Å². The summed E-state index contributed by atoms with van der Waals surface area (Å²) in [4.78, 5) is 23.9. The summed E-state index contributed by atoms with van der Waals surface area (Å²) in [5.41, 5.74) is 0.239. The molecule has 28 heavy (non-hydrogen) atoms. The van der Waals surface area contributed by atoms with Crippen LogP contribution in [0.2, 0.25) is 0 Å². The highest BCUT2D eigenvalue weighted by Gasteiger charge is 2.18. The van der Waals surface area contributed by atoms with E-state index in [0.29, 0.717) is 5.76 Å². The van der Waals surface area contributed by atoms with Crippen LogP contribution < -0.4 is 15.4 Å². The van der Waals surface area contributed by atoms with Gasteiger partial charge in [-0.05, 0) is 43.3 Å². The second-order valence-corrected chi connectivity index (χ2v) is 7.75. The average Bonchev–Trinajstić information content (AvgIpc) is 3.18.